The predicted molar refractivity (Wildman–Crippen MR) is 108 cm³/mol. The second-order valence-electron chi connectivity index (χ2n) is 8.17. The summed E-state index contributed by atoms with van der Waals surface area (Å²) in [5.41, 5.74) is 4.40. The Balaban J connectivity index is 1.85. The fraction of sp³-hybridized carbons (Fsp3) is 0.391. The third-order valence-electron chi connectivity index (χ3n) is 5.54. The van der Waals surface area contributed by atoms with E-state index in [2.05, 4.69) is 0 Å². The van der Waals surface area contributed by atoms with Crippen LogP contribution in [-0.4, -0.2) is 42.4 Å². The molecule has 4 rings (SSSR count). The predicted octanol–water partition coefficient (Wildman–Crippen LogP) is 3.19. The van der Waals surface area contributed by atoms with E-state index >= 15 is 0 Å². The zero-order chi connectivity index (χ0) is 20.8. The van der Waals surface area contributed by atoms with Crippen molar-refractivity contribution < 1.29 is 24.2 Å². The molecule has 0 aromatic heterocycles. The third-order valence-corrected chi connectivity index (χ3v) is 5.54. The van der Waals surface area contributed by atoms with Crippen LogP contribution in [0.1, 0.15) is 46.5 Å². The number of hydrogen-bond acceptors (Lipinski definition) is 5. The van der Waals surface area contributed by atoms with Crippen molar-refractivity contribution in [2.24, 2.45) is 0 Å². The van der Waals surface area contributed by atoms with Crippen LogP contribution in [0.15, 0.2) is 36.4 Å². The van der Waals surface area contributed by atoms with Gasteiger partial charge in [-0.05, 0) is 36.6 Å². The number of carboxylic acid groups (broad SMARTS) is 1. The van der Waals surface area contributed by atoms with E-state index in [1.165, 1.54) is 0 Å². The van der Waals surface area contributed by atoms with Crippen LogP contribution in [0, 0.1) is 0 Å². The molecule has 2 aromatic carbocycles. The van der Waals surface area contributed by atoms with Crippen LogP contribution in [0.25, 0.3) is 0 Å². The molecule has 1 saturated heterocycles. The van der Waals surface area contributed by atoms with Gasteiger partial charge in [-0.1, -0.05) is 30.3 Å². The Hall–Kier alpha value is -2.70. The van der Waals surface area contributed by atoms with Crippen molar-refractivity contribution in [3.63, 3.8) is 0 Å². The number of carbonyl (C=O) groups is 2. The second-order valence-corrected chi connectivity index (χ2v) is 8.17. The molecule has 1 fully saturated rings. The number of aliphatic carboxylic acids is 1. The standard InChI is InChI=1S/C23H25NO5/c1-23(2)28-13-16(29-23)11-18-14(10-20(25)26)8-9-19-21(18)22(27)17-7-5-4-6-15(17)12-24(19)3/h4-9,16H,10-13H2,1-3H3,(H,25,26). The van der Waals surface area contributed by atoms with Crippen molar-refractivity contribution in [1.82, 2.24) is 0 Å². The fourth-order valence-corrected chi connectivity index (χ4v) is 4.26. The van der Waals surface area contributed by atoms with Crippen molar-refractivity contribution in [2.75, 3.05) is 18.6 Å². The SMILES string of the molecule is CN1Cc2ccccc2C(=O)c2c1ccc(CC(=O)O)c2CC1COC(C)(C)O1. The molecule has 0 aliphatic carbocycles. The zero-order valence-electron chi connectivity index (χ0n) is 16.9. The van der Waals surface area contributed by atoms with Gasteiger partial charge in [-0.3, -0.25) is 9.59 Å². The summed E-state index contributed by atoms with van der Waals surface area (Å²) in [6.45, 7) is 4.73. The van der Waals surface area contributed by atoms with Gasteiger partial charge in [0.05, 0.1) is 19.1 Å². The molecular weight excluding hydrogens is 370 g/mol. The minimum Gasteiger partial charge on any atom is -0.481 e. The molecule has 2 aliphatic rings. The average molecular weight is 395 g/mol. The Morgan fingerprint density at radius 2 is 2.00 bits per heavy atom. The van der Waals surface area contributed by atoms with Crippen LogP contribution >= 0.6 is 0 Å². The summed E-state index contributed by atoms with van der Waals surface area (Å²) in [7, 11) is 1.95. The van der Waals surface area contributed by atoms with E-state index in [9.17, 15) is 14.7 Å². The van der Waals surface area contributed by atoms with Crippen LogP contribution in [-0.2, 0) is 33.7 Å². The molecule has 1 atom stereocenters. The van der Waals surface area contributed by atoms with Gasteiger partial charge in [-0.25, -0.2) is 0 Å². The molecule has 29 heavy (non-hydrogen) atoms. The normalized spacial score (nSPS) is 20.2. The van der Waals surface area contributed by atoms with Crippen LogP contribution in [0.2, 0.25) is 0 Å². The van der Waals surface area contributed by atoms with Gasteiger partial charge in [0, 0.05) is 36.8 Å². The Bertz CT molecular complexity index is 981. The highest BCUT2D eigenvalue weighted by atomic mass is 16.7. The van der Waals surface area contributed by atoms with Gasteiger partial charge in [0.25, 0.3) is 0 Å². The highest BCUT2D eigenvalue weighted by Crippen LogP contribution is 2.36. The quantitative estimate of drug-likeness (QED) is 0.857. The lowest BCUT2D eigenvalue weighted by Gasteiger charge is -2.24. The molecule has 0 spiro atoms. The first-order valence-electron chi connectivity index (χ1n) is 9.77. The summed E-state index contributed by atoms with van der Waals surface area (Å²) < 4.78 is 11.7. The van der Waals surface area contributed by atoms with Crippen molar-refractivity contribution in [3.05, 3.63) is 64.2 Å². The molecule has 0 radical (unpaired) electrons. The maximum absolute atomic E-state index is 13.6. The molecule has 2 aliphatic heterocycles. The molecule has 152 valence electrons. The van der Waals surface area contributed by atoms with Crippen molar-refractivity contribution >= 4 is 17.4 Å². The lowest BCUT2D eigenvalue weighted by molar-refractivity contribution is -0.138. The fourth-order valence-electron chi connectivity index (χ4n) is 4.26. The minimum atomic E-state index is -0.926. The molecule has 0 bridgehead atoms. The topological polar surface area (TPSA) is 76.1 Å². The molecule has 1 N–H and O–H groups in total. The van der Waals surface area contributed by atoms with E-state index in [4.69, 9.17) is 9.47 Å². The Morgan fingerprint density at radius 3 is 2.69 bits per heavy atom. The summed E-state index contributed by atoms with van der Waals surface area (Å²) in [5, 5.41) is 9.42. The molecule has 6 heteroatoms. The van der Waals surface area contributed by atoms with Gasteiger partial charge >= 0.3 is 5.97 Å². The molecule has 2 heterocycles. The first-order valence-corrected chi connectivity index (χ1v) is 9.77. The minimum absolute atomic E-state index is 0.0691. The first-order chi connectivity index (χ1) is 13.7. The molecule has 1 unspecified atom stereocenters. The summed E-state index contributed by atoms with van der Waals surface area (Å²) in [4.78, 5) is 27.1. The number of nitrogens with zero attached hydrogens (tertiary/aromatic N) is 1. The average Bonchev–Trinajstić information content (AvgIpc) is 2.95. The molecule has 6 nitrogen and oxygen atoms in total. The molecule has 0 saturated carbocycles. The largest absolute Gasteiger partial charge is 0.481 e. The number of carboxylic acids is 1. The van der Waals surface area contributed by atoms with Gasteiger partial charge < -0.3 is 19.5 Å². The van der Waals surface area contributed by atoms with Crippen LogP contribution in [0.4, 0.5) is 5.69 Å². The monoisotopic (exact) mass is 395 g/mol. The van der Waals surface area contributed by atoms with Gasteiger partial charge in [0.2, 0.25) is 0 Å². The number of rotatable bonds is 4. The Kier molecular flexibility index (Phi) is 4.92. The number of fused-ring (bicyclic) bond motifs is 2. The van der Waals surface area contributed by atoms with Crippen molar-refractivity contribution in [1.29, 1.82) is 0 Å². The van der Waals surface area contributed by atoms with E-state index in [1.54, 1.807) is 0 Å². The van der Waals surface area contributed by atoms with E-state index in [0.717, 1.165) is 16.8 Å². The van der Waals surface area contributed by atoms with Gasteiger partial charge in [0.15, 0.2) is 11.6 Å². The molecular formula is C23H25NO5. The van der Waals surface area contributed by atoms with Gasteiger partial charge in [-0.15, -0.1) is 0 Å². The third kappa shape index (κ3) is 3.78. The van der Waals surface area contributed by atoms with Crippen molar-refractivity contribution in [2.45, 2.75) is 45.1 Å². The maximum Gasteiger partial charge on any atom is 0.307 e. The van der Waals surface area contributed by atoms with Gasteiger partial charge in [0.1, 0.15) is 0 Å². The Labute approximate surface area is 170 Å². The van der Waals surface area contributed by atoms with Gasteiger partial charge in [-0.2, -0.15) is 0 Å². The second kappa shape index (κ2) is 7.28. The highest BCUT2D eigenvalue weighted by molar-refractivity contribution is 6.15. The number of hydrogen-bond donors (Lipinski definition) is 1. The molecule has 2 aromatic rings. The lowest BCUT2D eigenvalue weighted by Crippen LogP contribution is -2.24. The summed E-state index contributed by atoms with van der Waals surface area (Å²) in [6, 6.07) is 11.3. The smallest absolute Gasteiger partial charge is 0.307 e. The molecule has 0 amide bonds. The number of ketones is 1. The van der Waals surface area contributed by atoms with Crippen LogP contribution < -0.4 is 4.90 Å². The lowest BCUT2D eigenvalue weighted by atomic mass is 9.88. The number of ether oxygens (including phenoxy) is 2. The van der Waals surface area contributed by atoms with E-state index in [-0.39, 0.29) is 18.3 Å². The summed E-state index contributed by atoms with van der Waals surface area (Å²) in [5.74, 6) is -1.68. The zero-order valence-corrected chi connectivity index (χ0v) is 16.9. The summed E-state index contributed by atoms with van der Waals surface area (Å²) >= 11 is 0. The number of benzene rings is 2. The maximum atomic E-state index is 13.6. The highest BCUT2D eigenvalue weighted by Gasteiger charge is 2.35. The van der Waals surface area contributed by atoms with Crippen LogP contribution in [0.5, 0.6) is 0 Å². The van der Waals surface area contributed by atoms with E-state index in [1.807, 2.05) is 62.2 Å². The number of carbonyl (C=O) groups excluding carboxylic acids is 1. The Morgan fingerprint density at radius 1 is 1.24 bits per heavy atom. The van der Waals surface area contributed by atoms with E-state index < -0.39 is 11.8 Å². The van der Waals surface area contributed by atoms with E-state index in [0.29, 0.717) is 36.3 Å². The van der Waals surface area contributed by atoms with Crippen molar-refractivity contribution in [3.8, 4) is 0 Å². The summed E-state index contributed by atoms with van der Waals surface area (Å²) in [6.07, 6.45) is 0.0514. The van der Waals surface area contributed by atoms with Crippen LogP contribution in [0.3, 0.4) is 0 Å². The number of anilines is 1. The first kappa shape index (κ1) is 19.6.